The zero-order chi connectivity index (χ0) is 21.5. The highest BCUT2D eigenvalue weighted by atomic mass is 16.6. The van der Waals surface area contributed by atoms with Crippen molar-refractivity contribution >= 4 is 23.3 Å². The summed E-state index contributed by atoms with van der Waals surface area (Å²) in [4.78, 5) is 34.7. The largest absolute Gasteiger partial charge is 0.491 e. The molecule has 1 amide bonds. The average molecular weight is 414 g/mol. The zero-order valence-corrected chi connectivity index (χ0v) is 16.5. The Morgan fingerprint density at radius 1 is 1.23 bits per heavy atom. The van der Waals surface area contributed by atoms with E-state index < -0.39 is 23.4 Å². The first-order valence-electron chi connectivity index (χ1n) is 9.49. The van der Waals surface area contributed by atoms with Gasteiger partial charge in [-0.2, -0.15) is 0 Å². The molecule has 1 atom stereocenters. The standard InChI is InChI=1S/C21H22N2O7/c1-14-4-9-18(19(11-14)23(26)27)22-20(24)13-30-21(25)15-5-7-16(8-6-15)29-12-17-3-2-10-28-17/h4-9,11,17H,2-3,10,12-13H2,1H3,(H,22,24)/t17-/m0/s1. The predicted octanol–water partition coefficient (Wildman–Crippen LogP) is 3.26. The van der Waals surface area contributed by atoms with Crippen LogP contribution in [-0.4, -0.2) is 42.7 Å². The van der Waals surface area contributed by atoms with Crippen molar-refractivity contribution in [2.45, 2.75) is 25.9 Å². The second-order valence-corrected chi connectivity index (χ2v) is 6.87. The number of hydrogen-bond donors (Lipinski definition) is 1. The van der Waals surface area contributed by atoms with Crippen LogP contribution in [0.5, 0.6) is 5.75 Å². The van der Waals surface area contributed by atoms with Gasteiger partial charge in [-0.15, -0.1) is 0 Å². The Balaban J connectivity index is 1.49. The lowest BCUT2D eigenvalue weighted by atomic mass is 10.2. The highest BCUT2D eigenvalue weighted by Gasteiger charge is 2.18. The first-order valence-corrected chi connectivity index (χ1v) is 9.49. The number of ether oxygens (including phenoxy) is 3. The van der Waals surface area contributed by atoms with E-state index in [1.165, 1.54) is 24.3 Å². The van der Waals surface area contributed by atoms with E-state index in [0.717, 1.165) is 19.4 Å². The molecular formula is C21H22N2O7. The van der Waals surface area contributed by atoms with E-state index in [4.69, 9.17) is 14.2 Å². The number of benzene rings is 2. The van der Waals surface area contributed by atoms with Gasteiger partial charge < -0.3 is 19.5 Å². The number of aryl methyl sites for hydroxylation is 1. The van der Waals surface area contributed by atoms with Crippen molar-refractivity contribution in [2.24, 2.45) is 0 Å². The maximum absolute atomic E-state index is 12.1. The molecule has 0 aromatic heterocycles. The molecule has 9 heteroatoms. The molecule has 9 nitrogen and oxygen atoms in total. The number of nitro benzene ring substituents is 1. The molecule has 1 saturated heterocycles. The number of nitrogens with zero attached hydrogens (tertiary/aromatic N) is 1. The van der Waals surface area contributed by atoms with Gasteiger partial charge in [0.1, 0.15) is 18.0 Å². The lowest BCUT2D eigenvalue weighted by Crippen LogP contribution is -2.21. The molecular weight excluding hydrogens is 392 g/mol. The maximum Gasteiger partial charge on any atom is 0.338 e. The van der Waals surface area contributed by atoms with E-state index in [1.54, 1.807) is 25.1 Å². The van der Waals surface area contributed by atoms with Gasteiger partial charge in [0, 0.05) is 12.7 Å². The summed E-state index contributed by atoms with van der Waals surface area (Å²) in [6, 6.07) is 10.8. The number of anilines is 1. The van der Waals surface area contributed by atoms with Crippen LogP contribution in [0.25, 0.3) is 0 Å². The molecule has 1 aliphatic rings. The van der Waals surface area contributed by atoms with Crippen LogP contribution in [0.4, 0.5) is 11.4 Å². The molecule has 0 radical (unpaired) electrons. The normalized spacial score (nSPS) is 15.4. The third-order valence-corrected chi connectivity index (χ3v) is 4.51. The molecule has 0 aliphatic carbocycles. The molecule has 1 N–H and O–H groups in total. The molecule has 1 aliphatic heterocycles. The van der Waals surface area contributed by atoms with Crippen LogP contribution < -0.4 is 10.1 Å². The van der Waals surface area contributed by atoms with Gasteiger partial charge in [-0.3, -0.25) is 14.9 Å². The third-order valence-electron chi connectivity index (χ3n) is 4.51. The number of rotatable bonds is 8. The van der Waals surface area contributed by atoms with E-state index in [-0.39, 0.29) is 23.0 Å². The number of nitrogens with one attached hydrogen (secondary N) is 1. The van der Waals surface area contributed by atoms with Crippen LogP contribution >= 0.6 is 0 Å². The number of amides is 1. The summed E-state index contributed by atoms with van der Waals surface area (Å²) in [7, 11) is 0. The number of nitro groups is 1. The molecule has 30 heavy (non-hydrogen) atoms. The van der Waals surface area contributed by atoms with Crippen LogP contribution in [-0.2, 0) is 14.3 Å². The Labute approximate surface area is 173 Å². The van der Waals surface area contributed by atoms with E-state index in [2.05, 4.69) is 5.32 Å². The first kappa shape index (κ1) is 21.3. The minimum atomic E-state index is -0.686. The number of esters is 1. The highest BCUT2D eigenvalue weighted by molar-refractivity contribution is 5.96. The lowest BCUT2D eigenvalue weighted by Gasteiger charge is -2.11. The summed E-state index contributed by atoms with van der Waals surface area (Å²) in [6.07, 6.45) is 2.10. The molecule has 3 rings (SSSR count). The summed E-state index contributed by atoms with van der Waals surface area (Å²) in [5.74, 6) is -0.757. The van der Waals surface area contributed by atoms with Crippen LogP contribution in [0.15, 0.2) is 42.5 Å². The summed E-state index contributed by atoms with van der Waals surface area (Å²) in [6.45, 7) is 2.35. The number of carbonyl (C=O) groups is 2. The Morgan fingerprint density at radius 3 is 2.67 bits per heavy atom. The average Bonchev–Trinajstić information content (AvgIpc) is 3.25. The predicted molar refractivity (Wildman–Crippen MR) is 108 cm³/mol. The van der Waals surface area contributed by atoms with Crippen molar-refractivity contribution in [2.75, 3.05) is 25.1 Å². The van der Waals surface area contributed by atoms with Gasteiger partial charge >= 0.3 is 5.97 Å². The maximum atomic E-state index is 12.1. The Kier molecular flexibility index (Phi) is 6.97. The van der Waals surface area contributed by atoms with E-state index in [1.807, 2.05) is 0 Å². The van der Waals surface area contributed by atoms with Crippen molar-refractivity contribution in [3.8, 4) is 5.75 Å². The first-order chi connectivity index (χ1) is 14.4. The minimum absolute atomic E-state index is 0.0411. The van der Waals surface area contributed by atoms with Gasteiger partial charge in [0.2, 0.25) is 0 Å². The third kappa shape index (κ3) is 5.77. The summed E-state index contributed by atoms with van der Waals surface area (Å²) in [5.41, 5.74) is 0.760. The van der Waals surface area contributed by atoms with E-state index >= 15 is 0 Å². The van der Waals surface area contributed by atoms with Crippen molar-refractivity contribution < 1.29 is 28.7 Å². The smallest absolute Gasteiger partial charge is 0.338 e. The van der Waals surface area contributed by atoms with Crippen LogP contribution in [0.2, 0.25) is 0 Å². The SMILES string of the molecule is Cc1ccc(NC(=O)COC(=O)c2ccc(OC[C@@H]3CCCO3)cc2)c([N+](=O)[O-])c1. The molecule has 1 fully saturated rings. The zero-order valence-electron chi connectivity index (χ0n) is 16.5. The second kappa shape index (κ2) is 9.84. The van der Waals surface area contributed by atoms with Gasteiger partial charge in [-0.25, -0.2) is 4.79 Å². The molecule has 1 heterocycles. The summed E-state index contributed by atoms with van der Waals surface area (Å²) < 4.78 is 16.1. The summed E-state index contributed by atoms with van der Waals surface area (Å²) in [5, 5.41) is 13.5. The molecule has 2 aromatic carbocycles. The van der Waals surface area contributed by atoms with Gasteiger partial charge in [0.25, 0.3) is 11.6 Å². The highest BCUT2D eigenvalue weighted by Crippen LogP contribution is 2.25. The monoisotopic (exact) mass is 414 g/mol. The fraction of sp³-hybridized carbons (Fsp3) is 0.333. The van der Waals surface area contributed by atoms with Gasteiger partial charge in [0.15, 0.2) is 6.61 Å². The minimum Gasteiger partial charge on any atom is -0.491 e. The quantitative estimate of drug-likeness (QED) is 0.400. The van der Waals surface area contributed by atoms with Crippen LogP contribution in [0, 0.1) is 17.0 Å². The summed E-state index contributed by atoms with van der Waals surface area (Å²) >= 11 is 0. The van der Waals surface area contributed by atoms with Crippen LogP contribution in [0.1, 0.15) is 28.8 Å². The topological polar surface area (TPSA) is 117 Å². The fourth-order valence-corrected chi connectivity index (χ4v) is 2.95. The van der Waals surface area contributed by atoms with Gasteiger partial charge in [-0.05, 0) is 55.7 Å². The van der Waals surface area contributed by atoms with Crippen molar-refractivity contribution in [3.05, 3.63) is 63.7 Å². The van der Waals surface area contributed by atoms with Crippen molar-refractivity contribution in [1.29, 1.82) is 0 Å². The van der Waals surface area contributed by atoms with E-state index in [0.29, 0.717) is 17.9 Å². The van der Waals surface area contributed by atoms with Crippen molar-refractivity contribution in [3.63, 3.8) is 0 Å². The van der Waals surface area contributed by atoms with E-state index in [9.17, 15) is 19.7 Å². The second-order valence-electron chi connectivity index (χ2n) is 6.87. The van der Waals surface area contributed by atoms with Crippen LogP contribution in [0.3, 0.4) is 0 Å². The van der Waals surface area contributed by atoms with Crippen molar-refractivity contribution in [1.82, 2.24) is 0 Å². The Hall–Kier alpha value is -3.46. The Morgan fingerprint density at radius 2 is 2.00 bits per heavy atom. The lowest BCUT2D eigenvalue weighted by molar-refractivity contribution is -0.384. The molecule has 0 spiro atoms. The van der Waals surface area contributed by atoms with Gasteiger partial charge in [-0.1, -0.05) is 6.07 Å². The molecule has 0 unspecified atom stereocenters. The molecule has 0 saturated carbocycles. The van der Waals surface area contributed by atoms with Gasteiger partial charge in [0.05, 0.1) is 16.6 Å². The fourth-order valence-electron chi connectivity index (χ4n) is 2.95. The molecule has 2 aromatic rings. The number of carbonyl (C=O) groups excluding carboxylic acids is 2. The Bertz CT molecular complexity index is 921. The number of hydrogen-bond acceptors (Lipinski definition) is 7. The molecule has 158 valence electrons. The molecule has 0 bridgehead atoms.